The van der Waals surface area contributed by atoms with Gasteiger partial charge in [0.25, 0.3) is 0 Å². The summed E-state index contributed by atoms with van der Waals surface area (Å²) in [6.45, 7) is 0. The molecule has 3 aromatic carbocycles. The summed E-state index contributed by atoms with van der Waals surface area (Å²) >= 11 is 0. The number of esters is 1. The summed E-state index contributed by atoms with van der Waals surface area (Å²) in [5, 5.41) is 0. The molecule has 0 spiro atoms. The van der Waals surface area contributed by atoms with E-state index in [-0.39, 0.29) is 23.1 Å². The summed E-state index contributed by atoms with van der Waals surface area (Å²) < 4.78 is 23.9. The van der Waals surface area contributed by atoms with Gasteiger partial charge >= 0.3 is 5.97 Å². The molecule has 0 radical (unpaired) electrons. The van der Waals surface area contributed by atoms with Gasteiger partial charge < -0.3 is 9.47 Å². The van der Waals surface area contributed by atoms with Crippen LogP contribution >= 0.6 is 0 Å². The number of ketones is 1. The van der Waals surface area contributed by atoms with Crippen molar-refractivity contribution >= 4 is 17.8 Å². The smallest absolute Gasteiger partial charge is 0.343 e. The topological polar surface area (TPSA) is 52.6 Å². The first kappa shape index (κ1) is 16.7. The van der Waals surface area contributed by atoms with Gasteiger partial charge in [-0.15, -0.1) is 0 Å². The maximum atomic E-state index is 13.0. The molecule has 1 heterocycles. The fraction of sp³-hybridized carbons (Fsp3) is 0. The molecule has 5 heteroatoms. The highest BCUT2D eigenvalue weighted by molar-refractivity contribution is 6.14. The molecule has 0 saturated heterocycles. The van der Waals surface area contributed by atoms with Gasteiger partial charge in [0.1, 0.15) is 17.3 Å². The minimum absolute atomic E-state index is 0.128. The fourth-order valence-electron chi connectivity index (χ4n) is 2.68. The lowest BCUT2D eigenvalue weighted by atomic mass is 10.1. The molecule has 4 rings (SSSR count). The van der Waals surface area contributed by atoms with Crippen molar-refractivity contribution < 1.29 is 23.5 Å². The third-order valence-corrected chi connectivity index (χ3v) is 4.03. The number of Topliss-reactive ketones (excluding diaryl/α,β-unsaturated/α-hetero) is 1. The van der Waals surface area contributed by atoms with E-state index in [4.69, 9.17) is 9.47 Å². The Bertz CT molecular complexity index is 1050. The minimum atomic E-state index is -0.498. The molecule has 1 aliphatic rings. The van der Waals surface area contributed by atoms with Gasteiger partial charge in [-0.25, -0.2) is 9.18 Å². The van der Waals surface area contributed by atoms with Crippen molar-refractivity contribution in [3.05, 3.63) is 101 Å². The molecule has 0 amide bonds. The van der Waals surface area contributed by atoms with E-state index in [9.17, 15) is 14.0 Å². The second kappa shape index (κ2) is 6.88. The van der Waals surface area contributed by atoms with Crippen LogP contribution in [-0.2, 0) is 0 Å². The lowest BCUT2D eigenvalue weighted by Crippen LogP contribution is -2.08. The van der Waals surface area contributed by atoms with Gasteiger partial charge in [-0.1, -0.05) is 30.3 Å². The van der Waals surface area contributed by atoms with Crippen molar-refractivity contribution in [1.29, 1.82) is 0 Å². The number of fused-ring (bicyclic) bond motifs is 1. The standard InChI is InChI=1S/C22H13FO4/c23-16-8-6-14(7-9-16)12-20-21(24)18-11-10-17(13-19(18)27-20)26-22(25)15-4-2-1-3-5-15/h1-13H/b20-12-. The number of hydrogen-bond acceptors (Lipinski definition) is 4. The van der Waals surface area contributed by atoms with E-state index in [1.54, 1.807) is 54.6 Å². The van der Waals surface area contributed by atoms with Crippen LogP contribution in [0, 0.1) is 5.82 Å². The molecule has 0 fully saturated rings. The van der Waals surface area contributed by atoms with E-state index in [0.29, 0.717) is 22.4 Å². The highest BCUT2D eigenvalue weighted by atomic mass is 19.1. The molecule has 0 saturated carbocycles. The quantitative estimate of drug-likeness (QED) is 0.387. The number of carbonyl (C=O) groups excluding carboxylic acids is 2. The largest absolute Gasteiger partial charge is 0.452 e. The van der Waals surface area contributed by atoms with Crippen molar-refractivity contribution in [1.82, 2.24) is 0 Å². The molecular weight excluding hydrogens is 347 g/mol. The molecule has 3 aromatic rings. The van der Waals surface area contributed by atoms with Crippen LogP contribution in [0.15, 0.2) is 78.6 Å². The highest BCUT2D eigenvalue weighted by Crippen LogP contribution is 2.35. The molecule has 0 aliphatic carbocycles. The third kappa shape index (κ3) is 3.48. The SMILES string of the molecule is O=C(Oc1ccc2c(c1)O/C(=C\c1ccc(F)cc1)C2=O)c1ccccc1. The molecular formula is C22H13FO4. The Morgan fingerprint density at radius 3 is 2.44 bits per heavy atom. The van der Waals surface area contributed by atoms with E-state index >= 15 is 0 Å². The Kier molecular flexibility index (Phi) is 4.26. The first-order valence-corrected chi connectivity index (χ1v) is 8.21. The van der Waals surface area contributed by atoms with Crippen molar-refractivity contribution in [2.75, 3.05) is 0 Å². The second-order valence-electron chi connectivity index (χ2n) is 5.90. The van der Waals surface area contributed by atoms with E-state index in [1.807, 2.05) is 0 Å². The zero-order valence-corrected chi connectivity index (χ0v) is 14.0. The lowest BCUT2D eigenvalue weighted by Gasteiger charge is -2.05. The van der Waals surface area contributed by atoms with Crippen molar-refractivity contribution in [2.24, 2.45) is 0 Å². The van der Waals surface area contributed by atoms with Crippen molar-refractivity contribution in [2.45, 2.75) is 0 Å². The third-order valence-electron chi connectivity index (χ3n) is 4.03. The number of hydrogen-bond donors (Lipinski definition) is 0. The number of halogens is 1. The Morgan fingerprint density at radius 2 is 1.70 bits per heavy atom. The van der Waals surface area contributed by atoms with E-state index in [1.165, 1.54) is 24.3 Å². The number of allylic oxidation sites excluding steroid dienone is 1. The number of benzene rings is 3. The molecule has 4 nitrogen and oxygen atoms in total. The lowest BCUT2D eigenvalue weighted by molar-refractivity contribution is 0.0734. The average molecular weight is 360 g/mol. The van der Waals surface area contributed by atoms with Gasteiger partial charge in [0.2, 0.25) is 5.78 Å². The van der Waals surface area contributed by atoms with Crippen LogP contribution in [0.3, 0.4) is 0 Å². The molecule has 27 heavy (non-hydrogen) atoms. The van der Waals surface area contributed by atoms with Gasteiger partial charge in [-0.05, 0) is 48.0 Å². The summed E-state index contributed by atoms with van der Waals surface area (Å²) in [6.07, 6.45) is 1.54. The Morgan fingerprint density at radius 1 is 0.963 bits per heavy atom. The minimum Gasteiger partial charge on any atom is -0.452 e. The number of rotatable bonds is 3. The fourth-order valence-corrected chi connectivity index (χ4v) is 2.68. The normalized spacial score (nSPS) is 14.0. The molecule has 0 unspecified atom stereocenters. The van der Waals surface area contributed by atoms with Crippen LogP contribution < -0.4 is 9.47 Å². The van der Waals surface area contributed by atoms with Gasteiger partial charge in [-0.3, -0.25) is 4.79 Å². The average Bonchev–Trinajstić information content (AvgIpc) is 2.99. The Balaban J connectivity index is 1.55. The molecule has 1 aliphatic heterocycles. The van der Waals surface area contributed by atoms with Crippen LogP contribution in [0.1, 0.15) is 26.3 Å². The zero-order chi connectivity index (χ0) is 18.8. The summed E-state index contributed by atoms with van der Waals surface area (Å²) in [5.74, 6) is -0.422. The summed E-state index contributed by atoms with van der Waals surface area (Å²) in [4.78, 5) is 24.6. The second-order valence-corrected chi connectivity index (χ2v) is 5.90. The molecule has 132 valence electrons. The first-order valence-electron chi connectivity index (χ1n) is 8.21. The van der Waals surface area contributed by atoms with Gasteiger partial charge in [0, 0.05) is 6.07 Å². The maximum Gasteiger partial charge on any atom is 0.343 e. The van der Waals surface area contributed by atoms with E-state index < -0.39 is 5.97 Å². The van der Waals surface area contributed by atoms with Crippen LogP contribution in [-0.4, -0.2) is 11.8 Å². The van der Waals surface area contributed by atoms with Crippen molar-refractivity contribution in [3.8, 4) is 11.5 Å². The summed E-state index contributed by atoms with van der Waals surface area (Å²) in [6, 6.07) is 18.9. The van der Waals surface area contributed by atoms with Crippen LogP contribution in [0.4, 0.5) is 4.39 Å². The monoisotopic (exact) mass is 360 g/mol. The highest BCUT2D eigenvalue weighted by Gasteiger charge is 2.28. The maximum absolute atomic E-state index is 13.0. The van der Waals surface area contributed by atoms with Gasteiger partial charge in [0.15, 0.2) is 5.76 Å². The molecule has 0 N–H and O–H groups in total. The van der Waals surface area contributed by atoms with Gasteiger partial charge in [-0.2, -0.15) is 0 Å². The van der Waals surface area contributed by atoms with Crippen LogP contribution in [0.25, 0.3) is 6.08 Å². The first-order chi connectivity index (χ1) is 13.1. The number of ether oxygens (including phenoxy) is 2. The molecule has 0 bridgehead atoms. The van der Waals surface area contributed by atoms with Gasteiger partial charge in [0.05, 0.1) is 11.1 Å². The van der Waals surface area contributed by atoms with E-state index in [0.717, 1.165) is 0 Å². The predicted octanol–water partition coefficient (Wildman–Crippen LogP) is 4.66. The molecule has 0 atom stereocenters. The van der Waals surface area contributed by atoms with Crippen LogP contribution in [0.5, 0.6) is 11.5 Å². The molecule has 0 aromatic heterocycles. The van der Waals surface area contributed by atoms with Crippen molar-refractivity contribution in [3.63, 3.8) is 0 Å². The predicted molar refractivity (Wildman–Crippen MR) is 97.2 cm³/mol. The van der Waals surface area contributed by atoms with Crippen LogP contribution in [0.2, 0.25) is 0 Å². The number of carbonyl (C=O) groups is 2. The summed E-state index contributed by atoms with van der Waals surface area (Å²) in [7, 11) is 0. The Hall–Kier alpha value is -3.73. The zero-order valence-electron chi connectivity index (χ0n) is 14.0. The Labute approximate surface area is 154 Å². The summed E-state index contributed by atoms with van der Waals surface area (Å²) in [5.41, 5.74) is 1.44. The van der Waals surface area contributed by atoms with E-state index in [2.05, 4.69) is 0 Å².